The molecule has 0 aromatic carbocycles. The molecule has 0 N–H and O–H groups in total. The van der Waals surface area contributed by atoms with Crippen LogP contribution in [0.4, 0.5) is 4.79 Å². The predicted octanol–water partition coefficient (Wildman–Crippen LogP) is 3.22. The van der Waals surface area contributed by atoms with E-state index in [-0.39, 0.29) is 17.8 Å². The van der Waals surface area contributed by atoms with Crippen molar-refractivity contribution in [3.05, 3.63) is 0 Å². The highest BCUT2D eigenvalue weighted by atomic mass is 16.6. The first-order valence-electron chi connectivity index (χ1n) is 7.78. The van der Waals surface area contributed by atoms with Gasteiger partial charge in [0.2, 0.25) is 0 Å². The highest BCUT2D eigenvalue weighted by Crippen LogP contribution is 2.19. The minimum atomic E-state index is -0.434. The number of nitrogens with zero attached hydrogens (tertiary/aromatic N) is 1. The number of ether oxygens (including phenoxy) is 3. The second kappa shape index (κ2) is 7.45. The molecule has 0 bridgehead atoms. The van der Waals surface area contributed by atoms with Gasteiger partial charge >= 0.3 is 6.09 Å². The molecular weight excluding hydrogens is 270 g/mol. The van der Waals surface area contributed by atoms with Crippen molar-refractivity contribution in [1.29, 1.82) is 0 Å². The molecule has 1 rings (SSSR count). The molecule has 1 amide bonds. The zero-order chi connectivity index (χ0) is 16.1. The molecule has 5 nitrogen and oxygen atoms in total. The van der Waals surface area contributed by atoms with Gasteiger partial charge in [0.25, 0.3) is 0 Å². The SMILES string of the molecule is COC(C)(C)CCOC1CCN(C(=O)OC(C)(C)C)CC1. The normalized spacial score (nSPS) is 17.9. The Hall–Kier alpha value is -0.810. The smallest absolute Gasteiger partial charge is 0.410 e. The molecule has 1 fully saturated rings. The molecule has 0 radical (unpaired) electrons. The quantitative estimate of drug-likeness (QED) is 0.782. The van der Waals surface area contributed by atoms with E-state index in [2.05, 4.69) is 13.8 Å². The van der Waals surface area contributed by atoms with Gasteiger partial charge in [0, 0.05) is 26.8 Å². The van der Waals surface area contributed by atoms with Gasteiger partial charge in [0.15, 0.2) is 0 Å². The predicted molar refractivity (Wildman–Crippen MR) is 82.5 cm³/mol. The van der Waals surface area contributed by atoms with Crippen molar-refractivity contribution in [2.24, 2.45) is 0 Å². The summed E-state index contributed by atoms with van der Waals surface area (Å²) >= 11 is 0. The Labute approximate surface area is 128 Å². The summed E-state index contributed by atoms with van der Waals surface area (Å²) in [6.07, 6.45) is 2.62. The topological polar surface area (TPSA) is 48.0 Å². The van der Waals surface area contributed by atoms with Crippen LogP contribution in [0.5, 0.6) is 0 Å². The lowest BCUT2D eigenvalue weighted by Gasteiger charge is -2.33. The maximum atomic E-state index is 12.0. The first-order valence-corrected chi connectivity index (χ1v) is 7.78. The first kappa shape index (κ1) is 18.2. The summed E-state index contributed by atoms with van der Waals surface area (Å²) in [6, 6.07) is 0. The second-order valence-electron chi connectivity index (χ2n) is 7.25. The van der Waals surface area contributed by atoms with Gasteiger partial charge in [-0.1, -0.05) is 0 Å². The fourth-order valence-corrected chi connectivity index (χ4v) is 2.10. The summed E-state index contributed by atoms with van der Waals surface area (Å²) in [4.78, 5) is 13.7. The molecule has 0 unspecified atom stereocenters. The standard InChI is InChI=1S/C16H31NO4/c1-15(2,3)21-14(18)17-10-7-13(8-11-17)20-12-9-16(4,5)19-6/h13H,7-12H2,1-6H3. The third kappa shape index (κ3) is 7.14. The lowest BCUT2D eigenvalue weighted by Crippen LogP contribution is -2.43. The number of methoxy groups -OCH3 is 1. The lowest BCUT2D eigenvalue weighted by molar-refractivity contribution is -0.0428. The van der Waals surface area contributed by atoms with E-state index in [4.69, 9.17) is 14.2 Å². The van der Waals surface area contributed by atoms with Gasteiger partial charge in [-0.05, 0) is 53.9 Å². The summed E-state index contributed by atoms with van der Waals surface area (Å²) in [7, 11) is 1.72. The van der Waals surface area contributed by atoms with Crippen LogP contribution in [0, 0.1) is 0 Å². The molecular formula is C16H31NO4. The van der Waals surface area contributed by atoms with Crippen LogP contribution < -0.4 is 0 Å². The largest absolute Gasteiger partial charge is 0.444 e. The molecule has 0 atom stereocenters. The van der Waals surface area contributed by atoms with E-state index in [9.17, 15) is 4.79 Å². The average molecular weight is 301 g/mol. The third-order valence-electron chi connectivity index (χ3n) is 3.70. The fourth-order valence-electron chi connectivity index (χ4n) is 2.10. The number of hydrogen-bond donors (Lipinski definition) is 0. The number of hydrogen-bond acceptors (Lipinski definition) is 4. The van der Waals surface area contributed by atoms with Crippen LogP contribution in [-0.4, -0.2) is 55.1 Å². The van der Waals surface area contributed by atoms with Crippen LogP contribution in [0.2, 0.25) is 0 Å². The first-order chi connectivity index (χ1) is 9.63. The molecule has 124 valence electrons. The summed E-state index contributed by atoms with van der Waals surface area (Å²) in [5.41, 5.74) is -0.576. The number of carbonyl (C=O) groups excluding carboxylic acids is 1. The maximum absolute atomic E-state index is 12.0. The number of rotatable bonds is 5. The molecule has 1 heterocycles. The Kier molecular flexibility index (Phi) is 6.47. The highest BCUT2D eigenvalue weighted by molar-refractivity contribution is 5.68. The van der Waals surface area contributed by atoms with Gasteiger partial charge in [-0.2, -0.15) is 0 Å². The van der Waals surface area contributed by atoms with Crippen molar-refractivity contribution < 1.29 is 19.0 Å². The summed E-state index contributed by atoms with van der Waals surface area (Å²) < 4.78 is 16.6. The van der Waals surface area contributed by atoms with Crippen molar-refractivity contribution in [2.75, 3.05) is 26.8 Å². The van der Waals surface area contributed by atoms with Crippen molar-refractivity contribution >= 4 is 6.09 Å². The van der Waals surface area contributed by atoms with Gasteiger partial charge in [0.05, 0.1) is 11.7 Å². The summed E-state index contributed by atoms with van der Waals surface area (Å²) in [5, 5.41) is 0. The molecule has 5 heteroatoms. The van der Waals surface area contributed by atoms with Crippen LogP contribution in [0.1, 0.15) is 53.9 Å². The minimum absolute atomic E-state index is 0.142. The molecule has 21 heavy (non-hydrogen) atoms. The molecule has 0 spiro atoms. The van der Waals surface area contributed by atoms with E-state index >= 15 is 0 Å². The van der Waals surface area contributed by atoms with E-state index in [1.165, 1.54) is 0 Å². The van der Waals surface area contributed by atoms with Crippen LogP contribution in [0.15, 0.2) is 0 Å². The Bertz CT molecular complexity index is 328. The third-order valence-corrected chi connectivity index (χ3v) is 3.70. The van der Waals surface area contributed by atoms with Crippen molar-refractivity contribution in [3.63, 3.8) is 0 Å². The zero-order valence-electron chi connectivity index (χ0n) is 14.4. The number of amides is 1. The molecule has 0 aromatic heterocycles. The minimum Gasteiger partial charge on any atom is -0.444 e. The Morgan fingerprint density at radius 1 is 1.14 bits per heavy atom. The van der Waals surface area contributed by atoms with Gasteiger partial charge < -0.3 is 19.1 Å². The Morgan fingerprint density at radius 3 is 2.19 bits per heavy atom. The molecule has 1 aliphatic heterocycles. The Balaban J connectivity index is 2.25. The van der Waals surface area contributed by atoms with Gasteiger partial charge in [-0.25, -0.2) is 4.79 Å². The molecule has 1 saturated heterocycles. The van der Waals surface area contributed by atoms with Crippen LogP contribution in [-0.2, 0) is 14.2 Å². The van der Waals surface area contributed by atoms with E-state index < -0.39 is 5.60 Å². The van der Waals surface area contributed by atoms with Crippen LogP contribution in [0.3, 0.4) is 0 Å². The average Bonchev–Trinajstić information content (AvgIpc) is 2.37. The van der Waals surface area contributed by atoms with Crippen molar-refractivity contribution in [3.8, 4) is 0 Å². The fraction of sp³-hybridized carbons (Fsp3) is 0.938. The molecule has 0 aliphatic carbocycles. The summed E-state index contributed by atoms with van der Waals surface area (Å²) in [6.45, 7) is 11.9. The van der Waals surface area contributed by atoms with Crippen molar-refractivity contribution in [1.82, 2.24) is 4.90 Å². The van der Waals surface area contributed by atoms with Crippen LogP contribution >= 0.6 is 0 Å². The number of likely N-dealkylation sites (tertiary alicyclic amines) is 1. The maximum Gasteiger partial charge on any atom is 0.410 e. The number of carbonyl (C=O) groups is 1. The molecule has 0 saturated carbocycles. The molecule has 0 aromatic rings. The van der Waals surface area contributed by atoms with E-state index in [1.54, 1.807) is 12.0 Å². The molecule has 1 aliphatic rings. The monoisotopic (exact) mass is 301 g/mol. The second-order valence-corrected chi connectivity index (χ2v) is 7.25. The number of piperidine rings is 1. The van der Waals surface area contributed by atoms with Crippen molar-refractivity contribution in [2.45, 2.75) is 71.2 Å². The van der Waals surface area contributed by atoms with E-state index in [0.717, 1.165) is 19.3 Å². The zero-order valence-corrected chi connectivity index (χ0v) is 14.4. The highest BCUT2D eigenvalue weighted by Gasteiger charge is 2.27. The van der Waals surface area contributed by atoms with Gasteiger partial charge in [0.1, 0.15) is 5.60 Å². The Morgan fingerprint density at radius 2 is 1.71 bits per heavy atom. The van der Waals surface area contributed by atoms with E-state index in [1.807, 2.05) is 20.8 Å². The van der Waals surface area contributed by atoms with Gasteiger partial charge in [-0.15, -0.1) is 0 Å². The van der Waals surface area contributed by atoms with E-state index in [0.29, 0.717) is 19.7 Å². The summed E-state index contributed by atoms with van der Waals surface area (Å²) in [5.74, 6) is 0. The van der Waals surface area contributed by atoms with Gasteiger partial charge in [-0.3, -0.25) is 0 Å². The lowest BCUT2D eigenvalue weighted by atomic mass is 10.1. The van der Waals surface area contributed by atoms with Crippen LogP contribution in [0.25, 0.3) is 0 Å².